The molecular weight excluding hydrogens is 389 g/mol. The van der Waals surface area contributed by atoms with Gasteiger partial charge in [0.25, 0.3) is 5.56 Å². The molecule has 0 bridgehead atoms. The Balaban J connectivity index is 1.48. The summed E-state index contributed by atoms with van der Waals surface area (Å²) in [7, 11) is 0. The Hall–Kier alpha value is -3.43. The van der Waals surface area contributed by atoms with Gasteiger partial charge in [0.15, 0.2) is 0 Å². The quantitative estimate of drug-likeness (QED) is 0.670. The standard InChI is InChI=1S/C19H15F3N4O3/c20-19(21,22)18-23-17(24-29-18)13-6-8-26(15(27)9-13)11-16(28)25-7-5-12-3-1-2-4-14(12)10-25/h1-4,6,8-9H,5,7,10-11H2. The molecule has 0 saturated heterocycles. The summed E-state index contributed by atoms with van der Waals surface area (Å²) in [5.74, 6) is -2.05. The molecule has 2 aromatic heterocycles. The fourth-order valence-electron chi connectivity index (χ4n) is 3.19. The largest absolute Gasteiger partial charge is 0.471 e. The molecule has 29 heavy (non-hydrogen) atoms. The number of fused-ring (bicyclic) bond motifs is 1. The molecule has 4 rings (SSSR count). The average Bonchev–Trinajstić information content (AvgIpc) is 3.20. The maximum absolute atomic E-state index is 12.6. The van der Waals surface area contributed by atoms with Crippen molar-refractivity contribution in [3.05, 3.63) is 70.0 Å². The van der Waals surface area contributed by atoms with Crippen molar-refractivity contribution >= 4 is 5.91 Å². The van der Waals surface area contributed by atoms with E-state index in [0.717, 1.165) is 18.1 Å². The van der Waals surface area contributed by atoms with E-state index in [0.29, 0.717) is 13.1 Å². The van der Waals surface area contributed by atoms with Gasteiger partial charge in [0.2, 0.25) is 11.7 Å². The molecule has 1 aliphatic rings. The number of rotatable bonds is 3. The third kappa shape index (κ3) is 3.91. The molecule has 0 atom stereocenters. The van der Waals surface area contributed by atoms with Gasteiger partial charge in [0.1, 0.15) is 6.54 Å². The van der Waals surface area contributed by atoms with Crippen LogP contribution in [0.3, 0.4) is 0 Å². The van der Waals surface area contributed by atoms with Crippen LogP contribution in [0.4, 0.5) is 13.2 Å². The molecule has 1 aliphatic heterocycles. The number of aromatic nitrogens is 3. The number of amides is 1. The molecule has 0 radical (unpaired) electrons. The minimum Gasteiger partial charge on any atom is -0.336 e. The second-order valence-electron chi connectivity index (χ2n) is 6.64. The highest BCUT2D eigenvalue weighted by Crippen LogP contribution is 2.29. The number of hydrogen-bond donors (Lipinski definition) is 0. The van der Waals surface area contributed by atoms with Crippen LogP contribution < -0.4 is 5.56 Å². The monoisotopic (exact) mass is 404 g/mol. The lowest BCUT2D eigenvalue weighted by molar-refractivity contribution is -0.159. The van der Waals surface area contributed by atoms with Gasteiger partial charge in [-0.1, -0.05) is 29.4 Å². The maximum atomic E-state index is 12.6. The first-order valence-electron chi connectivity index (χ1n) is 8.77. The van der Waals surface area contributed by atoms with Crippen LogP contribution in [0.5, 0.6) is 0 Å². The van der Waals surface area contributed by atoms with Crippen molar-refractivity contribution < 1.29 is 22.5 Å². The molecule has 0 spiro atoms. The first-order valence-corrected chi connectivity index (χ1v) is 8.77. The van der Waals surface area contributed by atoms with Gasteiger partial charge >= 0.3 is 12.1 Å². The molecule has 1 amide bonds. The maximum Gasteiger partial charge on any atom is 0.471 e. The van der Waals surface area contributed by atoms with Crippen LogP contribution in [0.25, 0.3) is 11.4 Å². The van der Waals surface area contributed by atoms with Gasteiger partial charge in [-0.3, -0.25) is 9.59 Å². The zero-order chi connectivity index (χ0) is 20.6. The zero-order valence-corrected chi connectivity index (χ0v) is 15.0. The highest BCUT2D eigenvalue weighted by Gasteiger charge is 2.38. The lowest BCUT2D eigenvalue weighted by Crippen LogP contribution is -2.39. The Morgan fingerprint density at radius 2 is 1.93 bits per heavy atom. The Bertz CT molecular complexity index is 1120. The van der Waals surface area contributed by atoms with Gasteiger partial charge in [-0.05, 0) is 23.6 Å². The van der Waals surface area contributed by atoms with Gasteiger partial charge in [0.05, 0.1) is 0 Å². The summed E-state index contributed by atoms with van der Waals surface area (Å²) in [6.07, 6.45) is -2.69. The number of benzene rings is 1. The van der Waals surface area contributed by atoms with Gasteiger partial charge in [-0.25, -0.2) is 0 Å². The fourth-order valence-corrected chi connectivity index (χ4v) is 3.19. The summed E-state index contributed by atoms with van der Waals surface area (Å²) >= 11 is 0. The number of alkyl halides is 3. The Morgan fingerprint density at radius 1 is 1.17 bits per heavy atom. The Morgan fingerprint density at radius 3 is 2.62 bits per heavy atom. The summed E-state index contributed by atoms with van der Waals surface area (Å²) in [6.45, 7) is 0.873. The van der Waals surface area contributed by atoms with E-state index in [1.54, 1.807) is 4.90 Å². The highest BCUT2D eigenvalue weighted by molar-refractivity contribution is 5.76. The highest BCUT2D eigenvalue weighted by atomic mass is 19.4. The van der Waals surface area contributed by atoms with E-state index in [1.165, 1.54) is 22.4 Å². The van der Waals surface area contributed by atoms with Crippen molar-refractivity contribution in [1.82, 2.24) is 19.6 Å². The summed E-state index contributed by atoms with van der Waals surface area (Å²) < 4.78 is 43.1. The number of nitrogens with zero attached hydrogens (tertiary/aromatic N) is 4. The molecule has 0 aliphatic carbocycles. The van der Waals surface area contributed by atoms with Gasteiger partial charge in [0, 0.05) is 30.9 Å². The molecule has 0 unspecified atom stereocenters. The van der Waals surface area contributed by atoms with E-state index in [4.69, 9.17) is 0 Å². The van der Waals surface area contributed by atoms with Crippen LogP contribution in [-0.4, -0.2) is 32.1 Å². The Labute approximate surface area is 162 Å². The minimum absolute atomic E-state index is 0.0739. The van der Waals surface area contributed by atoms with Crippen LogP contribution in [0.1, 0.15) is 17.0 Å². The smallest absolute Gasteiger partial charge is 0.336 e. The van der Waals surface area contributed by atoms with Crippen molar-refractivity contribution in [1.29, 1.82) is 0 Å². The summed E-state index contributed by atoms with van der Waals surface area (Å²) in [5, 5.41) is 3.25. The van der Waals surface area contributed by atoms with Crippen molar-refractivity contribution in [3.63, 3.8) is 0 Å². The van der Waals surface area contributed by atoms with Crippen molar-refractivity contribution in [2.45, 2.75) is 25.7 Å². The number of halogens is 3. The third-order valence-electron chi connectivity index (χ3n) is 4.71. The molecule has 1 aromatic carbocycles. The van der Waals surface area contributed by atoms with E-state index in [9.17, 15) is 22.8 Å². The van der Waals surface area contributed by atoms with Gasteiger partial charge < -0.3 is 14.0 Å². The topological polar surface area (TPSA) is 81.2 Å². The van der Waals surface area contributed by atoms with Crippen molar-refractivity contribution in [3.8, 4) is 11.4 Å². The number of carbonyl (C=O) groups excluding carboxylic acids is 1. The molecule has 0 fully saturated rings. The number of pyridine rings is 1. The first-order chi connectivity index (χ1) is 13.8. The lowest BCUT2D eigenvalue weighted by Gasteiger charge is -2.29. The van der Waals surface area contributed by atoms with E-state index < -0.39 is 17.6 Å². The molecule has 0 N–H and O–H groups in total. The predicted octanol–water partition coefficient (Wildman–Crippen LogP) is 2.50. The van der Waals surface area contributed by atoms with Crippen LogP contribution in [-0.2, 0) is 30.5 Å². The fraction of sp³-hybridized carbons (Fsp3) is 0.263. The zero-order valence-electron chi connectivity index (χ0n) is 15.0. The summed E-state index contributed by atoms with van der Waals surface area (Å²) in [4.78, 5) is 29.8. The van der Waals surface area contributed by atoms with Crippen molar-refractivity contribution in [2.24, 2.45) is 0 Å². The normalized spacial score (nSPS) is 14.0. The second kappa shape index (κ2) is 7.19. The van der Waals surface area contributed by atoms with Crippen LogP contribution in [0.2, 0.25) is 0 Å². The van der Waals surface area contributed by atoms with Gasteiger partial charge in [-0.15, -0.1) is 0 Å². The number of carbonyl (C=O) groups is 1. The molecule has 3 heterocycles. The summed E-state index contributed by atoms with van der Waals surface area (Å²) in [6, 6.07) is 10.3. The van der Waals surface area contributed by atoms with E-state index in [1.807, 2.05) is 24.3 Å². The van der Waals surface area contributed by atoms with Gasteiger partial charge in [-0.2, -0.15) is 18.2 Å². The van der Waals surface area contributed by atoms with E-state index in [-0.39, 0.29) is 23.8 Å². The first kappa shape index (κ1) is 18.9. The van der Waals surface area contributed by atoms with Crippen molar-refractivity contribution in [2.75, 3.05) is 6.54 Å². The minimum atomic E-state index is -4.76. The van der Waals surface area contributed by atoms with Crippen LogP contribution >= 0.6 is 0 Å². The molecule has 150 valence electrons. The SMILES string of the molecule is O=C(Cn1ccc(-c2noc(C(F)(F)F)n2)cc1=O)N1CCc2ccccc2C1. The van der Waals surface area contributed by atoms with Crippen LogP contribution in [0.15, 0.2) is 51.9 Å². The molecule has 3 aromatic rings. The predicted molar refractivity (Wildman–Crippen MR) is 94.6 cm³/mol. The molecule has 10 heteroatoms. The van der Waals surface area contributed by atoms with E-state index in [2.05, 4.69) is 14.7 Å². The summed E-state index contributed by atoms with van der Waals surface area (Å²) in [5.41, 5.74) is 1.81. The van der Waals surface area contributed by atoms with Crippen LogP contribution in [0, 0.1) is 0 Å². The molecule has 7 nitrogen and oxygen atoms in total. The molecule has 0 saturated carbocycles. The third-order valence-corrected chi connectivity index (χ3v) is 4.71. The number of hydrogen-bond acceptors (Lipinski definition) is 5. The van der Waals surface area contributed by atoms with E-state index >= 15 is 0 Å². The average molecular weight is 404 g/mol. The lowest BCUT2D eigenvalue weighted by atomic mass is 10.00. The Kier molecular flexibility index (Phi) is 4.69. The molecular formula is C19H15F3N4O3. The second-order valence-corrected chi connectivity index (χ2v) is 6.64.